The molecule has 3 heterocycles. The molecule has 7 heteroatoms. The zero-order valence-corrected chi connectivity index (χ0v) is 18.0. The molecule has 0 bridgehead atoms. The molecule has 1 aliphatic rings. The van der Waals surface area contributed by atoms with Crippen molar-refractivity contribution in [3.63, 3.8) is 0 Å². The molecule has 3 aromatic heterocycles. The molecule has 1 aromatic carbocycles. The molecule has 0 atom stereocenters. The summed E-state index contributed by atoms with van der Waals surface area (Å²) >= 11 is 3.56. The number of hydrogen-bond acceptors (Lipinski definition) is 5. The van der Waals surface area contributed by atoms with Gasteiger partial charge in [0.25, 0.3) is 0 Å². The average Bonchev–Trinajstić information content (AvgIpc) is 3.52. The summed E-state index contributed by atoms with van der Waals surface area (Å²) in [6.45, 7) is 2.95. The number of fused-ring (bicyclic) bond motifs is 1. The number of benzene rings is 1. The SMILES string of the molecule is Cc1nnc(SCc2nn(-c3ccccc3)c3c2CCC3)n1CCc1cccs1. The minimum absolute atomic E-state index is 0.833. The Morgan fingerprint density at radius 2 is 1.97 bits per heavy atom. The van der Waals surface area contributed by atoms with Crippen molar-refractivity contribution < 1.29 is 0 Å². The first-order chi connectivity index (χ1) is 14.3. The maximum absolute atomic E-state index is 4.98. The summed E-state index contributed by atoms with van der Waals surface area (Å²) in [5.74, 6) is 1.81. The Bertz CT molecular complexity index is 1100. The van der Waals surface area contributed by atoms with Crippen LogP contribution in [0.3, 0.4) is 0 Å². The van der Waals surface area contributed by atoms with E-state index >= 15 is 0 Å². The van der Waals surface area contributed by atoms with E-state index in [0.29, 0.717) is 0 Å². The minimum atomic E-state index is 0.833. The topological polar surface area (TPSA) is 48.5 Å². The number of aryl methyl sites for hydroxylation is 2. The first kappa shape index (κ1) is 18.6. The van der Waals surface area contributed by atoms with Crippen LogP contribution in [0, 0.1) is 6.92 Å². The van der Waals surface area contributed by atoms with Crippen LogP contribution in [0.2, 0.25) is 0 Å². The van der Waals surface area contributed by atoms with Crippen LogP contribution in [-0.2, 0) is 31.6 Å². The highest BCUT2D eigenvalue weighted by Crippen LogP contribution is 2.31. The zero-order valence-electron chi connectivity index (χ0n) is 16.4. The molecule has 148 valence electrons. The van der Waals surface area contributed by atoms with Crippen molar-refractivity contribution in [1.29, 1.82) is 0 Å². The van der Waals surface area contributed by atoms with E-state index in [4.69, 9.17) is 5.10 Å². The second-order valence-electron chi connectivity index (χ2n) is 7.27. The summed E-state index contributed by atoms with van der Waals surface area (Å²) < 4.78 is 4.38. The second-order valence-corrected chi connectivity index (χ2v) is 9.25. The molecule has 29 heavy (non-hydrogen) atoms. The summed E-state index contributed by atoms with van der Waals surface area (Å²) in [5.41, 5.74) is 5.15. The molecule has 5 nitrogen and oxygen atoms in total. The van der Waals surface area contributed by atoms with Gasteiger partial charge in [0.1, 0.15) is 5.82 Å². The molecule has 4 aromatic rings. The van der Waals surface area contributed by atoms with E-state index in [0.717, 1.165) is 48.2 Å². The van der Waals surface area contributed by atoms with Crippen LogP contribution >= 0.6 is 23.1 Å². The van der Waals surface area contributed by atoms with Crippen LogP contribution in [0.1, 0.15) is 34.1 Å². The van der Waals surface area contributed by atoms with E-state index < -0.39 is 0 Å². The van der Waals surface area contributed by atoms with Crippen LogP contribution in [0.25, 0.3) is 5.69 Å². The van der Waals surface area contributed by atoms with Crippen molar-refractivity contribution in [2.45, 2.75) is 50.1 Å². The Labute approximate surface area is 178 Å². The summed E-state index contributed by atoms with van der Waals surface area (Å²) in [5, 5.41) is 16.9. The number of aromatic nitrogens is 5. The predicted octanol–water partition coefficient (Wildman–Crippen LogP) is 4.86. The molecule has 0 saturated carbocycles. The summed E-state index contributed by atoms with van der Waals surface area (Å²) in [6, 6.07) is 14.8. The number of rotatable bonds is 7. The molecular formula is C22H23N5S2. The lowest BCUT2D eigenvalue weighted by atomic mass is 10.2. The Morgan fingerprint density at radius 1 is 1.07 bits per heavy atom. The Morgan fingerprint density at radius 3 is 2.79 bits per heavy atom. The normalized spacial score (nSPS) is 13.1. The van der Waals surface area contributed by atoms with Crippen molar-refractivity contribution in [1.82, 2.24) is 24.5 Å². The molecular weight excluding hydrogens is 398 g/mol. The molecule has 0 N–H and O–H groups in total. The molecule has 0 unspecified atom stereocenters. The molecule has 0 spiro atoms. The van der Waals surface area contributed by atoms with Crippen molar-refractivity contribution in [3.8, 4) is 5.69 Å². The standard InChI is InChI=1S/C22H23N5S2/c1-16-23-24-22(26(16)13-12-18-9-6-14-28-18)29-15-20-19-10-5-11-21(19)27(25-20)17-7-3-2-4-8-17/h2-4,6-9,14H,5,10-13,15H2,1H3. The number of nitrogens with zero attached hydrogens (tertiary/aromatic N) is 5. The summed E-state index contributed by atoms with van der Waals surface area (Å²) in [7, 11) is 0. The van der Waals surface area contributed by atoms with E-state index in [2.05, 4.69) is 67.3 Å². The lowest BCUT2D eigenvalue weighted by molar-refractivity contribution is 0.621. The predicted molar refractivity (Wildman–Crippen MR) is 118 cm³/mol. The maximum Gasteiger partial charge on any atom is 0.191 e. The highest BCUT2D eigenvalue weighted by atomic mass is 32.2. The minimum Gasteiger partial charge on any atom is -0.306 e. The van der Waals surface area contributed by atoms with Gasteiger partial charge in [0.05, 0.1) is 11.4 Å². The van der Waals surface area contributed by atoms with Gasteiger partial charge in [-0.2, -0.15) is 5.10 Å². The first-order valence-electron chi connectivity index (χ1n) is 9.99. The highest BCUT2D eigenvalue weighted by molar-refractivity contribution is 7.98. The van der Waals surface area contributed by atoms with Gasteiger partial charge in [0.15, 0.2) is 5.16 Å². The van der Waals surface area contributed by atoms with Crippen LogP contribution in [0.15, 0.2) is 53.0 Å². The Hall–Kier alpha value is -2.38. The van der Waals surface area contributed by atoms with Crippen molar-refractivity contribution in [2.24, 2.45) is 0 Å². The molecule has 0 fully saturated rings. The molecule has 0 aliphatic heterocycles. The van der Waals surface area contributed by atoms with Crippen LogP contribution in [0.4, 0.5) is 0 Å². The van der Waals surface area contributed by atoms with Gasteiger partial charge in [0.2, 0.25) is 0 Å². The van der Waals surface area contributed by atoms with Gasteiger partial charge < -0.3 is 4.57 Å². The Kier molecular flexibility index (Phi) is 5.24. The van der Waals surface area contributed by atoms with Crippen molar-refractivity contribution >= 4 is 23.1 Å². The van der Waals surface area contributed by atoms with Gasteiger partial charge in [-0.25, -0.2) is 4.68 Å². The quantitative estimate of drug-likeness (QED) is 0.400. The average molecular weight is 422 g/mol. The first-order valence-corrected chi connectivity index (χ1v) is 11.9. The van der Waals surface area contributed by atoms with Crippen molar-refractivity contribution in [2.75, 3.05) is 0 Å². The zero-order chi connectivity index (χ0) is 19.6. The smallest absolute Gasteiger partial charge is 0.191 e. The van der Waals surface area contributed by atoms with Crippen LogP contribution in [-0.4, -0.2) is 24.5 Å². The summed E-state index contributed by atoms with van der Waals surface area (Å²) in [4.78, 5) is 1.40. The number of thioether (sulfide) groups is 1. The van der Waals surface area contributed by atoms with E-state index in [1.54, 1.807) is 11.8 Å². The molecule has 0 saturated heterocycles. The number of hydrogen-bond donors (Lipinski definition) is 0. The molecule has 0 amide bonds. The van der Waals surface area contributed by atoms with Gasteiger partial charge in [-0.15, -0.1) is 21.5 Å². The number of thiophene rings is 1. The molecule has 0 radical (unpaired) electrons. The van der Waals surface area contributed by atoms with E-state index in [-0.39, 0.29) is 0 Å². The van der Waals surface area contributed by atoms with Crippen LogP contribution < -0.4 is 0 Å². The van der Waals surface area contributed by atoms with Gasteiger partial charge >= 0.3 is 0 Å². The lowest BCUT2D eigenvalue weighted by Gasteiger charge is -2.07. The second kappa shape index (κ2) is 8.16. The molecule has 1 aliphatic carbocycles. The van der Waals surface area contributed by atoms with E-state index in [1.165, 1.54) is 28.2 Å². The third-order valence-electron chi connectivity index (χ3n) is 5.42. The fraction of sp³-hybridized carbons (Fsp3) is 0.318. The fourth-order valence-electron chi connectivity index (χ4n) is 3.95. The van der Waals surface area contributed by atoms with E-state index in [9.17, 15) is 0 Å². The fourth-order valence-corrected chi connectivity index (χ4v) is 5.62. The van der Waals surface area contributed by atoms with Gasteiger partial charge in [0, 0.05) is 22.9 Å². The van der Waals surface area contributed by atoms with Gasteiger partial charge in [-0.3, -0.25) is 0 Å². The largest absolute Gasteiger partial charge is 0.306 e. The van der Waals surface area contributed by atoms with Crippen LogP contribution in [0.5, 0.6) is 0 Å². The maximum atomic E-state index is 4.98. The monoisotopic (exact) mass is 421 g/mol. The highest BCUT2D eigenvalue weighted by Gasteiger charge is 2.23. The third kappa shape index (κ3) is 3.76. The lowest BCUT2D eigenvalue weighted by Crippen LogP contribution is -2.05. The summed E-state index contributed by atoms with van der Waals surface area (Å²) in [6.07, 6.45) is 4.47. The number of para-hydroxylation sites is 1. The molecule has 5 rings (SSSR count). The van der Waals surface area contributed by atoms with Gasteiger partial charge in [-0.1, -0.05) is 36.0 Å². The third-order valence-corrected chi connectivity index (χ3v) is 7.33. The van der Waals surface area contributed by atoms with E-state index in [1.807, 2.05) is 18.3 Å². The van der Waals surface area contributed by atoms with Gasteiger partial charge in [-0.05, 0) is 61.7 Å². The van der Waals surface area contributed by atoms with Crippen molar-refractivity contribution in [3.05, 3.63) is 75.5 Å². The Balaban J connectivity index is 1.35.